The van der Waals surface area contributed by atoms with Gasteiger partial charge in [-0.1, -0.05) is 28.1 Å². The van der Waals surface area contributed by atoms with E-state index in [4.69, 9.17) is 22.7 Å². The number of thiocarbonyl (C=S) groups is 1. The Morgan fingerprint density at radius 1 is 1.64 bits per heavy atom. The van der Waals surface area contributed by atoms with E-state index in [0.717, 1.165) is 0 Å². The van der Waals surface area contributed by atoms with Gasteiger partial charge in [-0.2, -0.15) is 0 Å². The topological polar surface area (TPSA) is 35.2 Å². The summed E-state index contributed by atoms with van der Waals surface area (Å²) in [4.78, 5) is 0.201. The minimum atomic E-state index is -0.472. The highest BCUT2D eigenvalue weighted by atomic mass is 79.9. The van der Waals surface area contributed by atoms with Gasteiger partial charge in [-0.25, -0.2) is 4.39 Å². The third-order valence-corrected chi connectivity index (χ3v) is 2.42. The fourth-order valence-electron chi connectivity index (χ4n) is 0.819. The molecule has 2 N–H and O–H groups in total. The fraction of sp³-hybridized carbons (Fsp3) is 0.222. The van der Waals surface area contributed by atoms with Crippen molar-refractivity contribution in [3.05, 3.63) is 28.5 Å². The zero-order chi connectivity index (χ0) is 10.7. The second-order valence-corrected chi connectivity index (χ2v) is 4.12. The molecule has 0 bridgehead atoms. The molecule has 0 fully saturated rings. The molecule has 0 amide bonds. The van der Waals surface area contributed by atoms with E-state index in [2.05, 4.69) is 15.9 Å². The molecule has 1 unspecified atom stereocenters. The molecule has 0 aliphatic carbocycles. The Hall–Kier alpha value is -0.680. The van der Waals surface area contributed by atoms with Gasteiger partial charge >= 0.3 is 0 Å². The Morgan fingerprint density at radius 3 is 2.79 bits per heavy atom. The average Bonchev–Trinajstić information content (AvgIpc) is 2.09. The summed E-state index contributed by atoms with van der Waals surface area (Å²) in [7, 11) is 0. The van der Waals surface area contributed by atoms with E-state index in [-0.39, 0.29) is 10.7 Å². The van der Waals surface area contributed by atoms with Crippen LogP contribution in [0, 0.1) is 5.82 Å². The number of ether oxygens (including phenoxy) is 1. The molecule has 0 saturated carbocycles. The first-order valence-corrected chi connectivity index (χ1v) is 5.12. The van der Waals surface area contributed by atoms with Crippen molar-refractivity contribution in [2.75, 3.05) is 0 Å². The molecule has 0 saturated heterocycles. The molecule has 0 aromatic heterocycles. The van der Waals surface area contributed by atoms with Crippen molar-refractivity contribution in [2.45, 2.75) is 13.0 Å². The van der Waals surface area contributed by atoms with E-state index < -0.39 is 11.9 Å². The van der Waals surface area contributed by atoms with Crippen LogP contribution in [0.5, 0.6) is 5.75 Å². The summed E-state index contributed by atoms with van der Waals surface area (Å²) in [5.74, 6) is -0.295. The van der Waals surface area contributed by atoms with Gasteiger partial charge in [-0.05, 0) is 25.1 Å². The molecule has 0 radical (unpaired) electrons. The molecular formula is C9H9BrFNOS. The second-order valence-electron chi connectivity index (χ2n) is 2.74. The van der Waals surface area contributed by atoms with E-state index in [1.807, 2.05) is 0 Å². The number of benzene rings is 1. The number of hydrogen-bond donors (Lipinski definition) is 1. The lowest BCUT2D eigenvalue weighted by atomic mass is 10.3. The van der Waals surface area contributed by atoms with Crippen LogP contribution in [0.1, 0.15) is 6.92 Å². The molecule has 0 spiro atoms. The van der Waals surface area contributed by atoms with E-state index in [9.17, 15) is 4.39 Å². The molecule has 0 aliphatic heterocycles. The van der Waals surface area contributed by atoms with Crippen molar-refractivity contribution in [3.63, 3.8) is 0 Å². The Bertz CT molecular complexity index is 359. The quantitative estimate of drug-likeness (QED) is 0.863. The van der Waals surface area contributed by atoms with Crippen molar-refractivity contribution in [1.29, 1.82) is 0 Å². The standard InChI is InChI=1S/C9H9BrFNOS/c1-5(9(12)14)13-8-3-2-6(10)4-7(8)11/h2-5H,1H3,(H2,12,14). The smallest absolute Gasteiger partial charge is 0.166 e. The summed E-state index contributed by atoms with van der Waals surface area (Å²) >= 11 is 7.85. The average molecular weight is 278 g/mol. The maximum Gasteiger partial charge on any atom is 0.166 e. The summed E-state index contributed by atoms with van der Waals surface area (Å²) in [5, 5.41) is 0. The van der Waals surface area contributed by atoms with Gasteiger partial charge in [0.25, 0.3) is 0 Å². The highest BCUT2D eigenvalue weighted by Gasteiger charge is 2.10. The first-order chi connectivity index (χ1) is 6.50. The molecule has 2 nitrogen and oxygen atoms in total. The van der Waals surface area contributed by atoms with Gasteiger partial charge < -0.3 is 10.5 Å². The third kappa shape index (κ3) is 2.92. The van der Waals surface area contributed by atoms with Gasteiger partial charge in [0.1, 0.15) is 11.1 Å². The minimum absolute atomic E-state index is 0.147. The van der Waals surface area contributed by atoms with E-state index in [1.165, 1.54) is 12.1 Å². The van der Waals surface area contributed by atoms with Gasteiger partial charge in [0.2, 0.25) is 0 Å². The Morgan fingerprint density at radius 2 is 2.29 bits per heavy atom. The van der Waals surface area contributed by atoms with Crippen LogP contribution < -0.4 is 10.5 Å². The van der Waals surface area contributed by atoms with Crippen molar-refractivity contribution < 1.29 is 9.13 Å². The molecule has 5 heteroatoms. The van der Waals surface area contributed by atoms with Gasteiger partial charge in [0.15, 0.2) is 11.6 Å². The number of nitrogens with two attached hydrogens (primary N) is 1. The first kappa shape index (κ1) is 11.4. The fourth-order valence-corrected chi connectivity index (χ4v) is 1.20. The Labute approximate surface area is 95.4 Å². The van der Waals surface area contributed by atoms with Crippen LogP contribution in [-0.4, -0.2) is 11.1 Å². The second kappa shape index (κ2) is 4.70. The Balaban J connectivity index is 2.82. The molecule has 0 heterocycles. The van der Waals surface area contributed by atoms with Crippen LogP contribution in [-0.2, 0) is 0 Å². The van der Waals surface area contributed by atoms with Crippen LogP contribution in [0.4, 0.5) is 4.39 Å². The summed E-state index contributed by atoms with van der Waals surface area (Å²) in [6.45, 7) is 1.67. The van der Waals surface area contributed by atoms with Gasteiger partial charge in [0, 0.05) is 4.47 Å². The van der Waals surface area contributed by atoms with Crippen LogP contribution in [0.15, 0.2) is 22.7 Å². The maximum absolute atomic E-state index is 13.2. The molecular weight excluding hydrogens is 269 g/mol. The van der Waals surface area contributed by atoms with E-state index in [1.54, 1.807) is 13.0 Å². The van der Waals surface area contributed by atoms with E-state index >= 15 is 0 Å². The largest absolute Gasteiger partial charge is 0.481 e. The summed E-state index contributed by atoms with van der Waals surface area (Å²) in [6.07, 6.45) is -0.472. The molecule has 1 atom stereocenters. The van der Waals surface area contributed by atoms with Gasteiger partial charge in [0.05, 0.1) is 0 Å². The summed E-state index contributed by atoms with van der Waals surface area (Å²) in [5.41, 5.74) is 5.34. The summed E-state index contributed by atoms with van der Waals surface area (Å²) in [6, 6.07) is 4.53. The molecule has 0 aliphatic rings. The molecule has 1 rings (SSSR count). The SMILES string of the molecule is CC(Oc1ccc(Br)cc1F)C(N)=S. The molecule has 14 heavy (non-hydrogen) atoms. The minimum Gasteiger partial charge on any atom is -0.481 e. The van der Waals surface area contributed by atoms with Crippen LogP contribution in [0.2, 0.25) is 0 Å². The number of rotatable bonds is 3. The number of hydrogen-bond acceptors (Lipinski definition) is 2. The predicted octanol–water partition coefficient (Wildman–Crippen LogP) is 2.64. The first-order valence-electron chi connectivity index (χ1n) is 3.91. The van der Waals surface area contributed by atoms with Crippen molar-refractivity contribution in [1.82, 2.24) is 0 Å². The zero-order valence-electron chi connectivity index (χ0n) is 7.46. The van der Waals surface area contributed by atoms with Gasteiger partial charge in [-0.15, -0.1) is 0 Å². The van der Waals surface area contributed by atoms with Crippen molar-refractivity contribution in [3.8, 4) is 5.75 Å². The van der Waals surface area contributed by atoms with Crippen LogP contribution in [0.25, 0.3) is 0 Å². The lowest BCUT2D eigenvalue weighted by molar-refractivity contribution is 0.274. The lowest BCUT2D eigenvalue weighted by Gasteiger charge is -2.13. The highest BCUT2D eigenvalue weighted by Crippen LogP contribution is 2.22. The van der Waals surface area contributed by atoms with Crippen LogP contribution in [0.3, 0.4) is 0 Å². The zero-order valence-corrected chi connectivity index (χ0v) is 9.86. The predicted molar refractivity (Wildman–Crippen MR) is 61.0 cm³/mol. The summed E-state index contributed by atoms with van der Waals surface area (Å²) < 4.78 is 19.1. The van der Waals surface area contributed by atoms with Crippen LogP contribution >= 0.6 is 28.1 Å². The third-order valence-electron chi connectivity index (χ3n) is 1.60. The number of halogens is 2. The Kier molecular flexibility index (Phi) is 3.83. The lowest BCUT2D eigenvalue weighted by Crippen LogP contribution is -2.29. The molecule has 76 valence electrons. The highest BCUT2D eigenvalue weighted by molar-refractivity contribution is 9.10. The normalized spacial score (nSPS) is 12.2. The monoisotopic (exact) mass is 277 g/mol. The van der Waals surface area contributed by atoms with Crippen molar-refractivity contribution >= 4 is 33.1 Å². The van der Waals surface area contributed by atoms with Gasteiger partial charge in [-0.3, -0.25) is 0 Å². The van der Waals surface area contributed by atoms with Crippen molar-refractivity contribution in [2.24, 2.45) is 5.73 Å². The molecule has 1 aromatic carbocycles. The molecule has 1 aromatic rings. The van der Waals surface area contributed by atoms with E-state index in [0.29, 0.717) is 4.47 Å². The maximum atomic E-state index is 13.2.